The molecule has 162 valence electrons. The Hall–Kier alpha value is 0.340. The van der Waals surface area contributed by atoms with E-state index in [1.54, 1.807) is 47.0 Å². The van der Waals surface area contributed by atoms with Gasteiger partial charge in [0, 0.05) is 0 Å². The summed E-state index contributed by atoms with van der Waals surface area (Å²) >= 11 is 6.51. The Bertz CT molecular complexity index is 445. The van der Waals surface area contributed by atoms with E-state index in [0.29, 0.717) is 0 Å². The first-order chi connectivity index (χ1) is 13.5. The number of thioether (sulfide) groups is 4. The van der Waals surface area contributed by atoms with Crippen LogP contribution in [0.15, 0.2) is 0 Å². The molecule has 8 heteroatoms. The second-order valence-corrected chi connectivity index (χ2v) is 13.6. The number of unbranched alkanes of at least 4 members (excludes halogenated alkanes) is 7. The zero-order valence-corrected chi connectivity index (χ0v) is 19.9. The van der Waals surface area contributed by atoms with Crippen molar-refractivity contribution < 1.29 is 19.8 Å². The van der Waals surface area contributed by atoms with Crippen molar-refractivity contribution in [1.82, 2.24) is 0 Å². The van der Waals surface area contributed by atoms with Gasteiger partial charge < -0.3 is 10.2 Å². The van der Waals surface area contributed by atoms with E-state index in [9.17, 15) is 19.8 Å². The van der Waals surface area contributed by atoms with Crippen LogP contribution in [0.2, 0.25) is 0 Å². The molecule has 4 nitrogen and oxygen atoms in total. The van der Waals surface area contributed by atoms with Gasteiger partial charge in [0.05, 0.1) is 0 Å². The highest BCUT2D eigenvalue weighted by molar-refractivity contribution is 8.20. The molecular formula is C20H34O4S4. The van der Waals surface area contributed by atoms with Crippen molar-refractivity contribution >= 4 is 59.0 Å². The van der Waals surface area contributed by atoms with Gasteiger partial charge in [-0.3, -0.25) is 0 Å². The fraction of sp³-hybridized carbons (Fsp3) is 0.900. The molecule has 2 fully saturated rings. The Labute approximate surface area is 186 Å². The topological polar surface area (TPSA) is 74.6 Å². The summed E-state index contributed by atoms with van der Waals surface area (Å²) in [6.07, 6.45) is 12.8. The number of rotatable bonds is 13. The summed E-state index contributed by atoms with van der Waals surface area (Å²) in [4.78, 5) is 23.3. The fourth-order valence-electron chi connectivity index (χ4n) is 3.67. The minimum atomic E-state index is -0.643. The maximum atomic E-state index is 11.6. The molecule has 0 radical (unpaired) electrons. The summed E-state index contributed by atoms with van der Waals surface area (Å²) in [7, 11) is 0. The van der Waals surface area contributed by atoms with Gasteiger partial charge in [-0.1, -0.05) is 51.4 Å². The maximum absolute atomic E-state index is 11.6. The Balaban J connectivity index is 1.49. The molecule has 0 amide bonds. The average Bonchev–Trinajstić information content (AvgIpc) is 2.70. The number of carboxylic acid groups (broad SMARTS) is 2. The predicted molar refractivity (Wildman–Crippen MR) is 126 cm³/mol. The highest BCUT2D eigenvalue weighted by Gasteiger charge is 2.41. The van der Waals surface area contributed by atoms with Crippen LogP contribution in [0, 0.1) is 0 Å². The maximum Gasteiger partial charge on any atom is 0.330 e. The van der Waals surface area contributed by atoms with Gasteiger partial charge in [0.2, 0.25) is 0 Å². The van der Waals surface area contributed by atoms with Crippen molar-refractivity contribution in [2.24, 2.45) is 0 Å². The molecule has 2 heterocycles. The first-order valence-electron chi connectivity index (χ1n) is 10.5. The van der Waals surface area contributed by atoms with Gasteiger partial charge in [0.1, 0.15) is 0 Å². The number of hydrogen-bond acceptors (Lipinski definition) is 6. The van der Waals surface area contributed by atoms with Crippen LogP contribution in [0.25, 0.3) is 0 Å². The molecule has 2 aliphatic heterocycles. The van der Waals surface area contributed by atoms with Crippen molar-refractivity contribution in [1.29, 1.82) is 0 Å². The molecular weight excluding hydrogens is 432 g/mol. The number of carbonyl (C=O) groups is 2. The third-order valence-corrected chi connectivity index (χ3v) is 12.1. The van der Waals surface area contributed by atoms with E-state index in [-0.39, 0.29) is 0 Å². The molecule has 0 aliphatic carbocycles. The normalized spacial score (nSPS) is 21.3. The van der Waals surface area contributed by atoms with Gasteiger partial charge in [-0.05, 0) is 48.7 Å². The summed E-state index contributed by atoms with van der Waals surface area (Å²) in [6.45, 7) is 0. The van der Waals surface area contributed by atoms with Gasteiger partial charge in [-0.15, -0.1) is 47.0 Å². The molecule has 2 saturated heterocycles. The molecule has 0 bridgehead atoms. The van der Waals surface area contributed by atoms with E-state index in [4.69, 9.17) is 0 Å². The van der Waals surface area contributed by atoms with Crippen molar-refractivity contribution in [2.45, 2.75) is 85.2 Å². The zero-order chi connectivity index (χ0) is 20.3. The summed E-state index contributed by atoms with van der Waals surface area (Å²) in [6, 6.07) is 0. The molecule has 2 aliphatic rings. The lowest BCUT2D eigenvalue weighted by Crippen LogP contribution is -2.34. The van der Waals surface area contributed by atoms with E-state index < -0.39 is 20.1 Å². The molecule has 0 aromatic carbocycles. The Morgan fingerprint density at radius 2 is 0.857 bits per heavy atom. The van der Waals surface area contributed by atoms with E-state index in [2.05, 4.69) is 0 Å². The summed E-state index contributed by atoms with van der Waals surface area (Å²) in [5.74, 6) is 2.60. The lowest BCUT2D eigenvalue weighted by molar-refractivity contribution is -0.138. The van der Waals surface area contributed by atoms with Crippen LogP contribution >= 0.6 is 47.0 Å². The molecule has 0 saturated carbocycles. The summed E-state index contributed by atoms with van der Waals surface area (Å²) in [5.41, 5.74) is 0. The largest absolute Gasteiger partial charge is 0.480 e. The predicted octanol–water partition coefficient (Wildman–Crippen LogP) is 6.19. The van der Waals surface area contributed by atoms with Crippen LogP contribution in [0.4, 0.5) is 0 Å². The minimum absolute atomic E-state index is 0.590. The van der Waals surface area contributed by atoms with E-state index >= 15 is 0 Å². The second kappa shape index (κ2) is 12.9. The van der Waals surface area contributed by atoms with Crippen LogP contribution in [0.5, 0.6) is 0 Å². The van der Waals surface area contributed by atoms with Crippen molar-refractivity contribution in [3.05, 3.63) is 0 Å². The van der Waals surface area contributed by atoms with Crippen LogP contribution in [-0.2, 0) is 9.59 Å². The van der Waals surface area contributed by atoms with Crippen molar-refractivity contribution in [3.8, 4) is 0 Å². The monoisotopic (exact) mass is 466 g/mol. The first kappa shape index (κ1) is 24.6. The van der Waals surface area contributed by atoms with E-state index in [1.165, 1.54) is 25.7 Å². The Kier molecular flexibility index (Phi) is 11.3. The molecule has 0 atom stereocenters. The molecule has 0 spiro atoms. The minimum Gasteiger partial charge on any atom is -0.480 e. The molecule has 28 heavy (non-hydrogen) atoms. The first-order valence-corrected chi connectivity index (χ1v) is 14.5. The standard InChI is InChI=1S/C20H34O4S4/c21-17(22)19(25-13-9-14-26-19)11-7-5-3-1-2-4-6-8-12-20(18(23)24)27-15-10-16-28-20/h1-16H2,(H,21,22)(H,23,24). The van der Waals surface area contributed by atoms with Crippen molar-refractivity contribution in [3.63, 3.8) is 0 Å². The molecule has 0 aromatic heterocycles. The van der Waals surface area contributed by atoms with Crippen molar-refractivity contribution in [2.75, 3.05) is 23.0 Å². The van der Waals surface area contributed by atoms with Crippen LogP contribution in [0.3, 0.4) is 0 Å². The number of hydrogen-bond donors (Lipinski definition) is 2. The number of carboxylic acids is 2. The van der Waals surface area contributed by atoms with Gasteiger partial charge in [0.15, 0.2) is 8.16 Å². The van der Waals surface area contributed by atoms with Crippen LogP contribution in [0.1, 0.15) is 77.0 Å². The lowest BCUT2D eigenvalue weighted by Gasteiger charge is -2.32. The third-order valence-electron chi connectivity index (χ3n) is 5.33. The highest BCUT2D eigenvalue weighted by Crippen LogP contribution is 2.47. The molecule has 2 rings (SSSR count). The molecule has 0 unspecified atom stereocenters. The zero-order valence-electron chi connectivity index (χ0n) is 16.7. The van der Waals surface area contributed by atoms with Gasteiger partial charge >= 0.3 is 11.9 Å². The Morgan fingerprint density at radius 3 is 1.14 bits per heavy atom. The quantitative estimate of drug-likeness (QED) is 0.311. The summed E-state index contributed by atoms with van der Waals surface area (Å²) < 4.78 is -1.18. The van der Waals surface area contributed by atoms with E-state index in [0.717, 1.165) is 74.4 Å². The number of aliphatic carboxylic acids is 2. The van der Waals surface area contributed by atoms with Gasteiger partial charge in [-0.25, -0.2) is 9.59 Å². The van der Waals surface area contributed by atoms with Gasteiger partial charge in [0.25, 0.3) is 0 Å². The second-order valence-electron chi connectivity index (χ2n) is 7.55. The van der Waals surface area contributed by atoms with Crippen LogP contribution < -0.4 is 0 Å². The third kappa shape index (κ3) is 7.55. The molecule has 0 aromatic rings. The Morgan fingerprint density at radius 1 is 0.571 bits per heavy atom. The summed E-state index contributed by atoms with van der Waals surface area (Å²) in [5, 5.41) is 19.2. The SMILES string of the molecule is O=C(O)C1(CCCCCCCCCCC2(C(=O)O)SCCCS2)SCCCS1. The molecule has 2 N–H and O–H groups in total. The average molecular weight is 467 g/mol. The smallest absolute Gasteiger partial charge is 0.330 e. The van der Waals surface area contributed by atoms with Gasteiger partial charge in [-0.2, -0.15) is 0 Å². The van der Waals surface area contributed by atoms with Crippen LogP contribution in [-0.4, -0.2) is 53.3 Å². The fourth-order valence-corrected chi connectivity index (χ4v) is 9.83. The highest BCUT2D eigenvalue weighted by atomic mass is 32.2. The van der Waals surface area contributed by atoms with E-state index in [1.807, 2.05) is 0 Å². The lowest BCUT2D eigenvalue weighted by atomic mass is 10.0.